The fourth-order valence-electron chi connectivity index (χ4n) is 3.59. The number of hydrogen-bond acceptors (Lipinski definition) is 4. The van der Waals surface area contributed by atoms with Gasteiger partial charge in [-0.3, -0.25) is 0 Å². The van der Waals surface area contributed by atoms with Gasteiger partial charge in [0.1, 0.15) is 5.60 Å². The van der Waals surface area contributed by atoms with E-state index in [2.05, 4.69) is 11.9 Å². The van der Waals surface area contributed by atoms with Gasteiger partial charge in [0.05, 0.1) is 0 Å². The molecule has 2 rings (SSSR count). The largest absolute Gasteiger partial charge is 0.444 e. The van der Waals surface area contributed by atoms with E-state index >= 15 is 0 Å². The Morgan fingerprint density at radius 2 is 1.76 bits per heavy atom. The van der Waals surface area contributed by atoms with Crippen LogP contribution in [-0.4, -0.2) is 60.8 Å². The topological polar surface area (TPSA) is 58.8 Å². The second-order valence-electron chi connectivity index (χ2n) is 7.68. The molecule has 2 N–H and O–H groups in total. The normalized spacial score (nSPS) is 29.5. The SMILES string of the molecule is CN1CCC(C2CCN(C(=O)OC(C)(C)C)CC2)C(N)C1. The van der Waals surface area contributed by atoms with Crippen molar-refractivity contribution in [3.05, 3.63) is 0 Å². The second-order valence-corrected chi connectivity index (χ2v) is 7.68. The zero-order valence-electron chi connectivity index (χ0n) is 14.0. The summed E-state index contributed by atoms with van der Waals surface area (Å²) in [4.78, 5) is 16.2. The molecule has 2 fully saturated rings. The van der Waals surface area contributed by atoms with E-state index in [1.165, 1.54) is 6.42 Å². The van der Waals surface area contributed by atoms with E-state index in [4.69, 9.17) is 10.5 Å². The number of likely N-dealkylation sites (N-methyl/N-ethyl adjacent to an activating group) is 1. The lowest BCUT2D eigenvalue weighted by Gasteiger charge is -2.42. The predicted molar refractivity (Wildman–Crippen MR) is 84.1 cm³/mol. The van der Waals surface area contributed by atoms with Crippen LogP contribution in [0, 0.1) is 11.8 Å². The standard InChI is InChI=1S/C16H31N3O2/c1-16(2,3)21-15(20)19-9-5-12(6-10-19)13-7-8-18(4)11-14(13)17/h12-14H,5-11,17H2,1-4H3. The molecule has 122 valence electrons. The molecule has 2 saturated heterocycles. The van der Waals surface area contributed by atoms with Crippen LogP contribution in [0.5, 0.6) is 0 Å². The van der Waals surface area contributed by atoms with Gasteiger partial charge in [0.25, 0.3) is 0 Å². The van der Waals surface area contributed by atoms with Crippen molar-refractivity contribution >= 4 is 6.09 Å². The predicted octanol–water partition coefficient (Wildman–Crippen LogP) is 1.91. The fraction of sp³-hybridized carbons (Fsp3) is 0.938. The van der Waals surface area contributed by atoms with Gasteiger partial charge in [0.2, 0.25) is 0 Å². The summed E-state index contributed by atoms with van der Waals surface area (Å²) < 4.78 is 5.45. The van der Waals surface area contributed by atoms with Crippen molar-refractivity contribution in [1.82, 2.24) is 9.80 Å². The van der Waals surface area contributed by atoms with Crippen LogP contribution in [0.1, 0.15) is 40.0 Å². The molecule has 0 saturated carbocycles. The van der Waals surface area contributed by atoms with Gasteiger partial charge in [-0.15, -0.1) is 0 Å². The highest BCUT2D eigenvalue weighted by molar-refractivity contribution is 5.68. The van der Waals surface area contributed by atoms with E-state index in [0.717, 1.165) is 39.0 Å². The summed E-state index contributed by atoms with van der Waals surface area (Å²) in [6, 6.07) is 0.279. The molecule has 0 radical (unpaired) electrons. The van der Waals surface area contributed by atoms with Crippen LogP contribution in [0.2, 0.25) is 0 Å². The number of piperidine rings is 2. The number of nitrogens with two attached hydrogens (primary N) is 1. The fourth-order valence-corrected chi connectivity index (χ4v) is 3.59. The molecule has 2 heterocycles. The van der Waals surface area contributed by atoms with Gasteiger partial charge < -0.3 is 20.3 Å². The Hall–Kier alpha value is -0.810. The Balaban J connectivity index is 1.82. The van der Waals surface area contributed by atoms with Crippen molar-refractivity contribution < 1.29 is 9.53 Å². The Morgan fingerprint density at radius 1 is 1.14 bits per heavy atom. The number of carbonyl (C=O) groups is 1. The Labute approximate surface area is 128 Å². The molecule has 0 aromatic heterocycles. The van der Waals surface area contributed by atoms with Crippen molar-refractivity contribution in [1.29, 1.82) is 0 Å². The molecule has 0 aliphatic carbocycles. The number of likely N-dealkylation sites (tertiary alicyclic amines) is 2. The third-order valence-corrected chi connectivity index (χ3v) is 4.71. The van der Waals surface area contributed by atoms with Crippen LogP contribution in [-0.2, 0) is 4.74 Å². The monoisotopic (exact) mass is 297 g/mol. The lowest BCUT2D eigenvalue weighted by atomic mass is 9.76. The number of rotatable bonds is 1. The molecule has 0 aromatic carbocycles. The van der Waals surface area contributed by atoms with Crippen LogP contribution in [0.15, 0.2) is 0 Å². The van der Waals surface area contributed by atoms with Gasteiger partial charge in [-0.2, -0.15) is 0 Å². The van der Waals surface area contributed by atoms with Gasteiger partial charge in [0, 0.05) is 25.7 Å². The summed E-state index contributed by atoms with van der Waals surface area (Å²) in [6.07, 6.45) is 3.13. The van der Waals surface area contributed by atoms with Gasteiger partial charge in [-0.1, -0.05) is 0 Å². The molecule has 0 spiro atoms. The van der Waals surface area contributed by atoms with Gasteiger partial charge in [-0.25, -0.2) is 4.79 Å². The number of ether oxygens (including phenoxy) is 1. The third-order valence-electron chi connectivity index (χ3n) is 4.71. The Morgan fingerprint density at radius 3 is 2.29 bits per heavy atom. The summed E-state index contributed by atoms with van der Waals surface area (Å²) in [7, 11) is 2.14. The van der Waals surface area contributed by atoms with Crippen LogP contribution in [0.3, 0.4) is 0 Å². The number of amides is 1. The summed E-state index contributed by atoms with van der Waals surface area (Å²) in [5.74, 6) is 1.27. The van der Waals surface area contributed by atoms with Crippen LogP contribution in [0.4, 0.5) is 4.79 Å². The van der Waals surface area contributed by atoms with Crippen molar-refractivity contribution in [3.63, 3.8) is 0 Å². The number of hydrogen-bond donors (Lipinski definition) is 1. The minimum absolute atomic E-state index is 0.173. The molecule has 5 heteroatoms. The molecule has 2 unspecified atom stereocenters. The first-order valence-corrected chi connectivity index (χ1v) is 8.18. The molecule has 0 bridgehead atoms. The molecular weight excluding hydrogens is 266 g/mol. The van der Waals surface area contributed by atoms with Crippen molar-refractivity contribution in [2.24, 2.45) is 17.6 Å². The van der Waals surface area contributed by atoms with Crippen LogP contribution < -0.4 is 5.73 Å². The van der Waals surface area contributed by atoms with E-state index in [1.807, 2.05) is 25.7 Å². The molecule has 2 aliphatic heterocycles. The smallest absolute Gasteiger partial charge is 0.410 e. The van der Waals surface area contributed by atoms with E-state index in [-0.39, 0.29) is 12.1 Å². The van der Waals surface area contributed by atoms with Crippen LogP contribution in [0.25, 0.3) is 0 Å². The minimum Gasteiger partial charge on any atom is -0.444 e. The van der Waals surface area contributed by atoms with E-state index in [0.29, 0.717) is 11.8 Å². The van der Waals surface area contributed by atoms with E-state index in [1.54, 1.807) is 0 Å². The minimum atomic E-state index is -0.412. The zero-order valence-corrected chi connectivity index (χ0v) is 14.0. The summed E-state index contributed by atoms with van der Waals surface area (Å²) >= 11 is 0. The first kappa shape index (κ1) is 16.6. The maximum absolute atomic E-state index is 12.1. The third kappa shape index (κ3) is 4.58. The maximum Gasteiger partial charge on any atom is 0.410 e. The molecule has 2 atom stereocenters. The first-order chi connectivity index (χ1) is 9.76. The lowest BCUT2D eigenvalue weighted by molar-refractivity contribution is 0.0129. The molecule has 0 aromatic rings. The molecule has 5 nitrogen and oxygen atoms in total. The van der Waals surface area contributed by atoms with E-state index in [9.17, 15) is 4.79 Å². The van der Waals surface area contributed by atoms with Crippen molar-refractivity contribution in [3.8, 4) is 0 Å². The lowest BCUT2D eigenvalue weighted by Crippen LogP contribution is -2.51. The quantitative estimate of drug-likeness (QED) is 0.803. The van der Waals surface area contributed by atoms with Gasteiger partial charge in [0.15, 0.2) is 0 Å². The highest BCUT2D eigenvalue weighted by Crippen LogP contribution is 2.32. The van der Waals surface area contributed by atoms with E-state index < -0.39 is 5.60 Å². The summed E-state index contributed by atoms with van der Waals surface area (Å²) in [5, 5.41) is 0. The molecule has 2 aliphatic rings. The molecule has 21 heavy (non-hydrogen) atoms. The average molecular weight is 297 g/mol. The highest BCUT2D eigenvalue weighted by Gasteiger charge is 2.35. The number of nitrogens with zero attached hydrogens (tertiary/aromatic N) is 2. The van der Waals surface area contributed by atoms with Gasteiger partial charge in [-0.05, 0) is 65.5 Å². The Bertz CT molecular complexity index is 359. The second kappa shape index (κ2) is 6.53. The Kier molecular flexibility index (Phi) is 5.15. The summed E-state index contributed by atoms with van der Waals surface area (Å²) in [6.45, 7) is 9.48. The summed E-state index contributed by atoms with van der Waals surface area (Å²) in [5.41, 5.74) is 5.92. The molecular formula is C16H31N3O2. The maximum atomic E-state index is 12.1. The zero-order chi connectivity index (χ0) is 15.6. The van der Waals surface area contributed by atoms with Gasteiger partial charge >= 0.3 is 6.09 Å². The van der Waals surface area contributed by atoms with Crippen LogP contribution >= 0.6 is 0 Å². The van der Waals surface area contributed by atoms with Crippen molar-refractivity contribution in [2.75, 3.05) is 33.2 Å². The number of carbonyl (C=O) groups excluding carboxylic acids is 1. The highest BCUT2D eigenvalue weighted by atomic mass is 16.6. The van der Waals surface area contributed by atoms with Crippen molar-refractivity contribution in [2.45, 2.75) is 51.7 Å². The first-order valence-electron chi connectivity index (χ1n) is 8.18. The average Bonchev–Trinajstić information content (AvgIpc) is 2.37. The molecule has 1 amide bonds.